The van der Waals surface area contributed by atoms with Crippen molar-refractivity contribution in [2.24, 2.45) is 0 Å². The fraction of sp³-hybridized carbons (Fsp3) is 0.222. The number of methoxy groups -OCH3 is 1. The molecule has 0 radical (unpaired) electrons. The highest BCUT2D eigenvalue weighted by Crippen LogP contribution is 2.31. The van der Waals surface area contributed by atoms with Crippen LogP contribution in [0.15, 0.2) is 42.5 Å². The average Bonchev–Trinajstić information content (AvgIpc) is 2.63. The van der Waals surface area contributed by atoms with Crippen LogP contribution in [0.2, 0.25) is 0 Å². The fourth-order valence-corrected chi connectivity index (χ4v) is 2.23. The average molecular weight is 382 g/mol. The van der Waals surface area contributed by atoms with E-state index < -0.39 is 30.2 Å². The summed E-state index contributed by atoms with van der Waals surface area (Å²) in [7, 11) is 1.50. The molecule has 27 heavy (non-hydrogen) atoms. The van der Waals surface area contributed by atoms with Crippen molar-refractivity contribution in [3.63, 3.8) is 0 Å². The van der Waals surface area contributed by atoms with Crippen molar-refractivity contribution in [2.75, 3.05) is 19.5 Å². The Labute approximate surface area is 153 Å². The van der Waals surface area contributed by atoms with Crippen LogP contribution in [-0.2, 0) is 22.3 Å². The Kier molecular flexibility index (Phi) is 6.27. The van der Waals surface area contributed by atoms with Gasteiger partial charge >= 0.3 is 12.1 Å². The minimum atomic E-state index is -4.57. The summed E-state index contributed by atoms with van der Waals surface area (Å²) >= 11 is 0. The van der Waals surface area contributed by atoms with Gasteiger partial charge in [0.05, 0.1) is 18.2 Å². The SMILES string of the molecule is COc1ccccc1CNC(=O)COC(=O)c1ccc(C(F)(F)F)cc1N. The summed E-state index contributed by atoms with van der Waals surface area (Å²) in [5.74, 6) is -0.985. The zero-order chi connectivity index (χ0) is 20.0. The first-order valence-corrected chi connectivity index (χ1v) is 7.75. The van der Waals surface area contributed by atoms with Crippen LogP contribution in [0.5, 0.6) is 5.75 Å². The molecule has 6 nitrogen and oxygen atoms in total. The molecule has 144 valence electrons. The van der Waals surface area contributed by atoms with Crippen molar-refractivity contribution >= 4 is 17.6 Å². The number of benzene rings is 2. The summed E-state index contributed by atoms with van der Waals surface area (Å²) in [5.41, 5.74) is 4.59. The molecule has 0 saturated carbocycles. The van der Waals surface area contributed by atoms with Gasteiger partial charge in [0.15, 0.2) is 6.61 Å². The number of nitrogens with one attached hydrogen (secondary N) is 1. The van der Waals surface area contributed by atoms with Gasteiger partial charge in [-0.3, -0.25) is 4.79 Å². The molecule has 0 heterocycles. The van der Waals surface area contributed by atoms with E-state index in [9.17, 15) is 22.8 Å². The van der Waals surface area contributed by atoms with Crippen LogP contribution in [0, 0.1) is 0 Å². The highest BCUT2D eigenvalue weighted by Gasteiger charge is 2.31. The second-order valence-electron chi connectivity index (χ2n) is 5.46. The number of hydrogen-bond donors (Lipinski definition) is 2. The molecule has 2 rings (SSSR count). The molecule has 9 heteroatoms. The number of hydrogen-bond acceptors (Lipinski definition) is 5. The normalized spacial score (nSPS) is 11.0. The molecule has 0 aliphatic heterocycles. The second-order valence-corrected chi connectivity index (χ2v) is 5.46. The molecule has 3 N–H and O–H groups in total. The molecular weight excluding hydrogens is 365 g/mol. The first-order chi connectivity index (χ1) is 12.7. The van der Waals surface area contributed by atoms with Crippen LogP contribution in [0.25, 0.3) is 0 Å². The highest BCUT2D eigenvalue weighted by atomic mass is 19.4. The van der Waals surface area contributed by atoms with E-state index >= 15 is 0 Å². The highest BCUT2D eigenvalue weighted by molar-refractivity contribution is 5.96. The number of alkyl halides is 3. The number of anilines is 1. The molecule has 0 bridgehead atoms. The molecule has 0 saturated heterocycles. The zero-order valence-electron chi connectivity index (χ0n) is 14.3. The standard InChI is InChI=1S/C18H17F3N2O4/c1-26-15-5-3-2-4-11(15)9-23-16(24)10-27-17(25)13-7-6-12(8-14(13)22)18(19,20)21/h2-8H,9-10,22H2,1H3,(H,23,24). The van der Waals surface area contributed by atoms with Crippen LogP contribution >= 0.6 is 0 Å². The third kappa shape index (κ3) is 5.37. The molecule has 0 fully saturated rings. The smallest absolute Gasteiger partial charge is 0.416 e. The fourth-order valence-electron chi connectivity index (χ4n) is 2.23. The maximum Gasteiger partial charge on any atom is 0.416 e. The third-order valence-corrected chi connectivity index (χ3v) is 3.60. The molecule has 0 aliphatic carbocycles. The van der Waals surface area contributed by atoms with Crippen LogP contribution in [0.1, 0.15) is 21.5 Å². The van der Waals surface area contributed by atoms with E-state index in [0.29, 0.717) is 17.9 Å². The van der Waals surface area contributed by atoms with Gasteiger partial charge in [-0.25, -0.2) is 4.79 Å². The topological polar surface area (TPSA) is 90.6 Å². The van der Waals surface area contributed by atoms with E-state index in [0.717, 1.165) is 11.6 Å². The number of carbonyl (C=O) groups is 2. The first kappa shape index (κ1) is 20.1. The monoisotopic (exact) mass is 382 g/mol. The number of amides is 1. The van der Waals surface area contributed by atoms with E-state index in [1.54, 1.807) is 24.3 Å². The van der Waals surface area contributed by atoms with Gasteiger partial charge in [0.2, 0.25) is 0 Å². The molecule has 2 aromatic rings. The Morgan fingerprint density at radius 1 is 1.15 bits per heavy atom. The third-order valence-electron chi connectivity index (χ3n) is 3.60. The summed E-state index contributed by atoms with van der Waals surface area (Å²) in [4.78, 5) is 23.7. The molecule has 0 spiro atoms. The molecular formula is C18H17F3N2O4. The Hall–Kier alpha value is -3.23. The lowest BCUT2D eigenvalue weighted by atomic mass is 10.1. The summed E-state index contributed by atoms with van der Waals surface area (Å²) in [6, 6.07) is 9.31. The number of carbonyl (C=O) groups excluding carboxylic acids is 2. The number of halogens is 3. The molecule has 0 atom stereocenters. The minimum Gasteiger partial charge on any atom is -0.496 e. The Bertz CT molecular complexity index is 838. The van der Waals surface area contributed by atoms with Crippen molar-refractivity contribution in [3.05, 3.63) is 59.2 Å². The van der Waals surface area contributed by atoms with Crippen molar-refractivity contribution in [3.8, 4) is 5.75 Å². The maximum absolute atomic E-state index is 12.6. The Morgan fingerprint density at radius 3 is 2.48 bits per heavy atom. The lowest BCUT2D eigenvalue weighted by Crippen LogP contribution is -2.28. The number of esters is 1. The summed E-state index contributed by atoms with van der Waals surface area (Å²) < 4.78 is 47.7. The summed E-state index contributed by atoms with van der Waals surface area (Å²) in [6.07, 6.45) is -4.57. The van der Waals surface area contributed by atoms with Crippen LogP contribution in [-0.4, -0.2) is 25.6 Å². The Balaban J connectivity index is 1.90. The van der Waals surface area contributed by atoms with Crippen molar-refractivity contribution < 1.29 is 32.2 Å². The minimum absolute atomic E-state index is 0.156. The lowest BCUT2D eigenvalue weighted by Gasteiger charge is -2.11. The molecule has 0 unspecified atom stereocenters. The second kappa shape index (κ2) is 8.43. The number of ether oxygens (including phenoxy) is 2. The number of rotatable bonds is 6. The van der Waals surface area contributed by atoms with Gasteiger partial charge in [0, 0.05) is 17.8 Å². The van der Waals surface area contributed by atoms with E-state index in [4.69, 9.17) is 15.2 Å². The molecule has 2 aromatic carbocycles. The van der Waals surface area contributed by atoms with Crippen LogP contribution in [0.3, 0.4) is 0 Å². The van der Waals surface area contributed by atoms with Gasteiger partial charge in [0.25, 0.3) is 5.91 Å². The van der Waals surface area contributed by atoms with E-state index in [1.165, 1.54) is 7.11 Å². The van der Waals surface area contributed by atoms with E-state index in [1.807, 2.05) is 0 Å². The van der Waals surface area contributed by atoms with Crippen molar-refractivity contribution in [1.29, 1.82) is 0 Å². The molecule has 1 amide bonds. The summed E-state index contributed by atoms with van der Waals surface area (Å²) in [6.45, 7) is -0.447. The molecule has 0 aliphatic rings. The van der Waals surface area contributed by atoms with E-state index in [-0.39, 0.29) is 17.8 Å². The lowest BCUT2D eigenvalue weighted by molar-refractivity contribution is -0.137. The predicted molar refractivity (Wildman–Crippen MR) is 91.0 cm³/mol. The number of nitrogen functional groups attached to an aromatic ring is 1. The maximum atomic E-state index is 12.6. The van der Waals surface area contributed by atoms with Crippen LogP contribution in [0.4, 0.5) is 18.9 Å². The van der Waals surface area contributed by atoms with Gasteiger partial charge in [-0.2, -0.15) is 13.2 Å². The van der Waals surface area contributed by atoms with Gasteiger partial charge in [-0.1, -0.05) is 18.2 Å². The number of nitrogens with two attached hydrogens (primary N) is 1. The largest absolute Gasteiger partial charge is 0.496 e. The quantitative estimate of drug-likeness (QED) is 0.592. The zero-order valence-corrected chi connectivity index (χ0v) is 14.3. The van der Waals surface area contributed by atoms with Gasteiger partial charge in [-0.15, -0.1) is 0 Å². The summed E-state index contributed by atoms with van der Waals surface area (Å²) in [5, 5.41) is 2.55. The molecule has 0 aromatic heterocycles. The van der Waals surface area contributed by atoms with E-state index in [2.05, 4.69) is 5.32 Å². The van der Waals surface area contributed by atoms with Crippen molar-refractivity contribution in [1.82, 2.24) is 5.32 Å². The van der Waals surface area contributed by atoms with Gasteiger partial charge in [-0.05, 0) is 24.3 Å². The van der Waals surface area contributed by atoms with Crippen LogP contribution < -0.4 is 15.8 Å². The van der Waals surface area contributed by atoms with Crippen molar-refractivity contribution in [2.45, 2.75) is 12.7 Å². The predicted octanol–water partition coefficient (Wildman–Crippen LogP) is 2.77. The van der Waals surface area contributed by atoms with Gasteiger partial charge in [0.1, 0.15) is 5.75 Å². The van der Waals surface area contributed by atoms with Gasteiger partial charge < -0.3 is 20.5 Å². The number of para-hydroxylation sites is 1. The Morgan fingerprint density at radius 2 is 1.85 bits per heavy atom. The first-order valence-electron chi connectivity index (χ1n) is 7.75.